The molecule has 22 heavy (non-hydrogen) atoms. The van der Waals surface area contributed by atoms with Crippen LogP contribution in [0.15, 0.2) is 33.3 Å². The molecule has 1 atom stereocenters. The van der Waals surface area contributed by atoms with Crippen molar-refractivity contribution in [1.29, 1.82) is 0 Å². The zero-order chi connectivity index (χ0) is 14.7. The second-order valence-corrected chi connectivity index (χ2v) is 6.26. The largest absolute Gasteiger partial charge is 0.338 e. The summed E-state index contributed by atoms with van der Waals surface area (Å²) in [6.07, 6.45) is 2.46. The number of rotatable bonds is 5. The van der Waals surface area contributed by atoms with E-state index in [0.29, 0.717) is 17.8 Å². The van der Waals surface area contributed by atoms with E-state index >= 15 is 0 Å². The van der Waals surface area contributed by atoms with Gasteiger partial charge in [-0.3, -0.25) is 4.90 Å². The lowest BCUT2D eigenvalue weighted by Gasteiger charge is -2.22. The minimum absolute atomic E-state index is 0. The standard InChI is InChI=1S/C15H19BrN4O.ClH/c1-17-9-13-6-3-7-20(13)10-14-18-15(19-21-14)11-4-2-5-12(16)8-11;/h2,4-5,8,13,17H,3,6-7,9-10H2,1H3;1H. The first-order valence-corrected chi connectivity index (χ1v) is 8.03. The maximum Gasteiger partial charge on any atom is 0.241 e. The zero-order valence-corrected chi connectivity index (χ0v) is 14.9. The zero-order valence-electron chi connectivity index (χ0n) is 12.5. The van der Waals surface area contributed by atoms with Crippen LogP contribution in [0.2, 0.25) is 0 Å². The summed E-state index contributed by atoms with van der Waals surface area (Å²) >= 11 is 3.46. The predicted molar refractivity (Wildman–Crippen MR) is 92.0 cm³/mol. The Balaban J connectivity index is 0.00000176. The Labute approximate surface area is 145 Å². The van der Waals surface area contributed by atoms with Crippen molar-refractivity contribution in [1.82, 2.24) is 20.4 Å². The Morgan fingerprint density at radius 3 is 3.09 bits per heavy atom. The van der Waals surface area contributed by atoms with E-state index in [4.69, 9.17) is 4.52 Å². The van der Waals surface area contributed by atoms with Gasteiger partial charge in [0.2, 0.25) is 11.7 Å². The Bertz CT molecular complexity index is 607. The molecule has 0 radical (unpaired) electrons. The van der Waals surface area contributed by atoms with Gasteiger partial charge in [0.15, 0.2) is 0 Å². The topological polar surface area (TPSA) is 54.2 Å². The molecule has 0 bridgehead atoms. The molecule has 7 heteroatoms. The van der Waals surface area contributed by atoms with Gasteiger partial charge in [-0.1, -0.05) is 33.2 Å². The first-order valence-electron chi connectivity index (χ1n) is 7.23. The Morgan fingerprint density at radius 1 is 1.45 bits per heavy atom. The summed E-state index contributed by atoms with van der Waals surface area (Å²) in [6, 6.07) is 8.50. The van der Waals surface area contributed by atoms with E-state index in [0.717, 1.165) is 29.7 Å². The van der Waals surface area contributed by atoms with E-state index in [9.17, 15) is 0 Å². The van der Waals surface area contributed by atoms with Crippen LogP contribution in [-0.4, -0.2) is 41.2 Å². The first-order chi connectivity index (χ1) is 10.3. The van der Waals surface area contributed by atoms with Crippen molar-refractivity contribution in [2.24, 2.45) is 0 Å². The summed E-state index contributed by atoms with van der Waals surface area (Å²) in [5, 5.41) is 7.34. The molecule has 3 rings (SSSR count). The van der Waals surface area contributed by atoms with Crippen LogP contribution in [0.1, 0.15) is 18.7 Å². The monoisotopic (exact) mass is 386 g/mol. The van der Waals surface area contributed by atoms with Crippen LogP contribution in [0.5, 0.6) is 0 Å². The third-order valence-electron chi connectivity index (χ3n) is 3.83. The van der Waals surface area contributed by atoms with Crippen molar-refractivity contribution in [3.63, 3.8) is 0 Å². The smallest absolute Gasteiger partial charge is 0.241 e. The van der Waals surface area contributed by atoms with Gasteiger partial charge in [0.25, 0.3) is 0 Å². The lowest BCUT2D eigenvalue weighted by Crippen LogP contribution is -2.36. The molecule has 1 saturated heterocycles. The highest BCUT2D eigenvalue weighted by Crippen LogP contribution is 2.22. The summed E-state index contributed by atoms with van der Waals surface area (Å²) in [5.74, 6) is 1.34. The number of nitrogens with zero attached hydrogens (tertiary/aromatic N) is 3. The molecule has 1 aliphatic rings. The fraction of sp³-hybridized carbons (Fsp3) is 0.467. The molecular weight excluding hydrogens is 368 g/mol. The number of hydrogen-bond donors (Lipinski definition) is 1. The highest BCUT2D eigenvalue weighted by atomic mass is 79.9. The van der Waals surface area contributed by atoms with Crippen LogP contribution in [0.4, 0.5) is 0 Å². The summed E-state index contributed by atoms with van der Waals surface area (Å²) in [7, 11) is 1.99. The molecule has 1 N–H and O–H groups in total. The summed E-state index contributed by atoms with van der Waals surface area (Å²) < 4.78 is 6.42. The average molecular weight is 388 g/mol. The second kappa shape index (κ2) is 8.06. The summed E-state index contributed by atoms with van der Waals surface area (Å²) in [6.45, 7) is 2.83. The quantitative estimate of drug-likeness (QED) is 0.854. The van der Waals surface area contributed by atoms with Crippen LogP contribution in [-0.2, 0) is 6.54 Å². The summed E-state index contributed by atoms with van der Waals surface area (Å²) in [4.78, 5) is 6.93. The van der Waals surface area contributed by atoms with Gasteiger partial charge in [-0.05, 0) is 38.6 Å². The molecule has 0 spiro atoms. The van der Waals surface area contributed by atoms with E-state index in [1.165, 1.54) is 12.8 Å². The number of nitrogens with one attached hydrogen (secondary N) is 1. The normalized spacial score (nSPS) is 18.4. The highest BCUT2D eigenvalue weighted by Gasteiger charge is 2.25. The molecule has 120 valence electrons. The van der Waals surface area contributed by atoms with Gasteiger partial charge in [0, 0.05) is 22.6 Å². The lowest BCUT2D eigenvalue weighted by molar-refractivity contribution is 0.209. The number of aromatic nitrogens is 2. The second-order valence-electron chi connectivity index (χ2n) is 5.35. The van der Waals surface area contributed by atoms with Crippen molar-refractivity contribution < 1.29 is 4.52 Å². The van der Waals surface area contributed by atoms with E-state index in [1.54, 1.807) is 0 Å². The minimum atomic E-state index is 0. The van der Waals surface area contributed by atoms with Gasteiger partial charge in [-0.2, -0.15) is 4.98 Å². The van der Waals surface area contributed by atoms with Crippen molar-refractivity contribution in [3.8, 4) is 11.4 Å². The molecule has 5 nitrogen and oxygen atoms in total. The van der Waals surface area contributed by atoms with Gasteiger partial charge >= 0.3 is 0 Å². The molecule has 1 aromatic carbocycles. The average Bonchev–Trinajstić information content (AvgIpc) is 3.10. The third kappa shape index (κ3) is 4.07. The molecule has 0 aliphatic carbocycles. The van der Waals surface area contributed by atoms with Crippen LogP contribution < -0.4 is 5.32 Å². The lowest BCUT2D eigenvalue weighted by atomic mass is 10.2. The predicted octanol–water partition coefficient (Wildman–Crippen LogP) is 3.10. The fourth-order valence-corrected chi connectivity index (χ4v) is 3.21. The van der Waals surface area contributed by atoms with E-state index in [1.807, 2.05) is 31.3 Å². The molecule has 2 heterocycles. The van der Waals surface area contributed by atoms with E-state index < -0.39 is 0 Å². The molecule has 2 aromatic rings. The van der Waals surface area contributed by atoms with Gasteiger partial charge < -0.3 is 9.84 Å². The third-order valence-corrected chi connectivity index (χ3v) is 4.32. The molecule has 0 saturated carbocycles. The van der Waals surface area contributed by atoms with E-state index in [-0.39, 0.29) is 12.4 Å². The maximum absolute atomic E-state index is 5.41. The number of halogens is 2. The highest BCUT2D eigenvalue weighted by molar-refractivity contribution is 9.10. The Hall–Kier alpha value is -0.950. The van der Waals surface area contributed by atoms with Crippen LogP contribution in [0.25, 0.3) is 11.4 Å². The van der Waals surface area contributed by atoms with Crippen LogP contribution >= 0.6 is 28.3 Å². The SMILES string of the molecule is CNCC1CCCN1Cc1nc(-c2cccc(Br)c2)no1.Cl. The number of hydrogen-bond acceptors (Lipinski definition) is 5. The number of likely N-dealkylation sites (tertiary alicyclic amines) is 1. The molecule has 1 aromatic heterocycles. The van der Waals surface area contributed by atoms with Crippen molar-refractivity contribution >= 4 is 28.3 Å². The minimum Gasteiger partial charge on any atom is -0.338 e. The fourth-order valence-electron chi connectivity index (χ4n) is 2.81. The van der Waals surface area contributed by atoms with Crippen LogP contribution in [0, 0.1) is 0 Å². The Morgan fingerprint density at radius 2 is 2.32 bits per heavy atom. The van der Waals surface area contributed by atoms with Crippen molar-refractivity contribution in [3.05, 3.63) is 34.6 Å². The molecule has 0 amide bonds. The van der Waals surface area contributed by atoms with Crippen molar-refractivity contribution in [2.75, 3.05) is 20.1 Å². The molecule has 1 aliphatic heterocycles. The van der Waals surface area contributed by atoms with Gasteiger partial charge in [-0.25, -0.2) is 0 Å². The van der Waals surface area contributed by atoms with E-state index in [2.05, 4.69) is 36.3 Å². The Kier molecular flexibility index (Phi) is 6.37. The summed E-state index contributed by atoms with van der Waals surface area (Å²) in [5.41, 5.74) is 0.965. The number of likely N-dealkylation sites (N-methyl/N-ethyl adjacent to an activating group) is 1. The maximum atomic E-state index is 5.41. The van der Waals surface area contributed by atoms with Gasteiger partial charge in [0.1, 0.15) is 0 Å². The number of benzene rings is 1. The molecular formula is C15H20BrClN4O. The van der Waals surface area contributed by atoms with Crippen LogP contribution in [0.3, 0.4) is 0 Å². The first kappa shape index (κ1) is 17.4. The molecule has 1 fully saturated rings. The van der Waals surface area contributed by atoms with Gasteiger partial charge in [-0.15, -0.1) is 12.4 Å². The van der Waals surface area contributed by atoms with Crippen molar-refractivity contribution in [2.45, 2.75) is 25.4 Å². The molecule has 1 unspecified atom stereocenters. The van der Waals surface area contributed by atoms with Gasteiger partial charge in [0.05, 0.1) is 6.54 Å².